The van der Waals surface area contributed by atoms with Crippen LogP contribution in [0.3, 0.4) is 0 Å². The van der Waals surface area contributed by atoms with Gasteiger partial charge >= 0.3 is 0 Å². The predicted molar refractivity (Wildman–Crippen MR) is 64.2 cm³/mol. The number of ether oxygens (including phenoxy) is 1. The van der Waals surface area contributed by atoms with Crippen LogP contribution in [0, 0.1) is 0 Å². The Morgan fingerprint density at radius 2 is 2.20 bits per heavy atom. The minimum atomic E-state index is 0.567. The van der Waals surface area contributed by atoms with Crippen LogP contribution in [0.15, 0.2) is 0 Å². The summed E-state index contributed by atoms with van der Waals surface area (Å²) in [7, 11) is 0. The molecule has 1 aliphatic rings. The topological polar surface area (TPSA) is 24.5 Å². The van der Waals surface area contributed by atoms with Gasteiger partial charge in [-0.2, -0.15) is 0 Å². The number of morpholine rings is 1. The second-order valence-corrected chi connectivity index (χ2v) is 4.64. The highest BCUT2D eigenvalue weighted by Crippen LogP contribution is 2.05. The number of rotatable bonds is 6. The van der Waals surface area contributed by atoms with E-state index in [4.69, 9.17) is 4.74 Å². The lowest BCUT2D eigenvalue weighted by molar-refractivity contribution is 0.0682. The molecule has 0 aromatic heterocycles. The Morgan fingerprint density at radius 3 is 2.73 bits per heavy atom. The summed E-state index contributed by atoms with van der Waals surface area (Å²) in [4.78, 5) is 2.55. The third-order valence-corrected chi connectivity index (χ3v) is 3.00. The van der Waals surface area contributed by atoms with Gasteiger partial charge in [-0.25, -0.2) is 0 Å². The van der Waals surface area contributed by atoms with Crippen LogP contribution in [-0.4, -0.2) is 49.8 Å². The summed E-state index contributed by atoms with van der Waals surface area (Å²) in [6.07, 6.45) is 2.45. The molecule has 1 atom stereocenters. The summed E-state index contributed by atoms with van der Waals surface area (Å²) in [5.41, 5.74) is 0. The Balaban J connectivity index is 2.19. The molecule has 1 heterocycles. The summed E-state index contributed by atoms with van der Waals surface area (Å²) in [5, 5.41) is 3.50. The molecule has 1 aliphatic heterocycles. The van der Waals surface area contributed by atoms with Crippen molar-refractivity contribution in [2.24, 2.45) is 0 Å². The highest BCUT2D eigenvalue weighted by Gasteiger charge is 2.15. The van der Waals surface area contributed by atoms with E-state index in [0.29, 0.717) is 12.1 Å². The van der Waals surface area contributed by atoms with Crippen molar-refractivity contribution in [1.82, 2.24) is 10.2 Å². The smallest absolute Gasteiger partial charge is 0.0620 e. The Bertz CT molecular complexity index is 156. The molecule has 1 unspecified atom stereocenters. The van der Waals surface area contributed by atoms with E-state index in [9.17, 15) is 0 Å². The fraction of sp³-hybridized carbons (Fsp3) is 1.00. The maximum absolute atomic E-state index is 5.45. The molecule has 15 heavy (non-hydrogen) atoms. The van der Waals surface area contributed by atoms with Crippen molar-refractivity contribution < 1.29 is 4.74 Å². The van der Waals surface area contributed by atoms with Crippen molar-refractivity contribution in [3.05, 3.63) is 0 Å². The molecule has 3 nitrogen and oxygen atoms in total. The van der Waals surface area contributed by atoms with Crippen molar-refractivity contribution in [3.63, 3.8) is 0 Å². The predicted octanol–water partition coefficient (Wildman–Crippen LogP) is 1.49. The van der Waals surface area contributed by atoms with Crippen LogP contribution in [0.2, 0.25) is 0 Å². The van der Waals surface area contributed by atoms with Crippen LogP contribution in [0.5, 0.6) is 0 Å². The van der Waals surface area contributed by atoms with Gasteiger partial charge in [0.15, 0.2) is 0 Å². The van der Waals surface area contributed by atoms with E-state index in [2.05, 4.69) is 31.0 Å². The van der Waals surface area contributed by atoms with Crippen LogP contribution in [0.1, 0.15) is 33.6 Å². The van der Waals surface area contributed by atoms with Gasteiger partial charge < -0.3 is 15.0 Å². The molecule has 0 saturated carbocycles. The molecule has 1 N–H and O–H groups in total. The molecular formula is C12H26N2O. The van der Waals surface area contributed by atoms with Gasteiger partial charge in [-0.05, 0) is 39.8 Å². The van der Waals surface area contributed by atoms with Crippen LogP contribution in [-0.2, 0) is 4.74 Å². The van der Waals surface area contributed by atoms with Crippen molar-refractivity contribution >= 4 is 0 Å². The standard InChI is InChI=1S/C12H26N2O/c1-4-7-14(11(2)3)8-5-12-10-15-9-6-13-12/h11-13H,4-10H2,1-3H3. The van der Waals surface area contributed by atoms with Gasteiger partial charge in [-0.15, -0.1) is 0 Å². The third kappa shape index (κ3) is 4.96. The minimum Gasteiger partial charge on any atom is -0.379 e. The molecule has 3 heteroatoms. The zero-order valence-electron chi connectivity index (χ0n) is 10.5. The Labute approximate surface area is 94.2 Å². The molecule has 0 aromatic rings. The second-order valence-electron chi connectivity index (χ2n) is 4.64. The molecule has 1 rings (SSSR count). The first-order valence-electron chi connectivity index (χ1n) is 6.29. The van der Waals surface area contributed by atoms with E-state index in [1.54, 1.807) is 0 Å². The molecule has 0 spiro atoms. The summed E-state index contributed by atoms with van der Waals surface area (Å²) < 4.78 is 5.45. The fourth-order valence-electron chi connectivity index (χ4n) is 2.04. The lowest BCUT2D eigenvalue weighted by Crippen LogP contribution is -2.44. The number of nitrogens with zero attached hydrogens (tertiary/aromatic N) is 1. The van der Waals surface area contributed by atoms with Gasteiger partial charge in [0.05, 0.1) is 13.2 Å². The zero-order valence-corrected chi connectivity index (χ0v) is 10.5. The quantitative estimate of drug-likeness (QED) is 0.725. The Hall–Kier alpha value is -0.120. The third-order valence-electron chi connectivity index (χ3n) is 3.00. The Kier molecular flexibility index (Phi) is 6.22. The van der Waals surface area contributed by atoms with E-state index in [1.165, 1.54) is 25.9 Å². The van der Waals surface area contributed by atoms with Gasteiger partial charge in [-0.1, -0.05) is 6.92 Å². The minimum absolute atomic E-state index is 0.567. The molecule has 90 valence electrons. The van der Waals surface area contributed by atoms with Crippen LogP contribution >= 0.6 is 0 Å². The van der Waals surface area contributed by atoms with Gasteiger partial charge in [0.1, 0.15) is 0 Å². The van der Waals surface area contributed by atoms with Gasteiger partial charge in [0.25, 0.3) is 0 Å². The van der Waals surface area contributed by atoms with Crippen molar-refractivity contribution in [2.45, 2.75) is 45.7 Å². The summed E-state index contributed by atoms with van der Waals surface area (Å²) in [5.74, 6) is 0. The first-order valence-corrected chi connectivity index (χ1v) is 6.29. The molecule has 0 radical (unpaired) electrons. The van der Waals surface area contributed by atoms with E-state index >= 15 is 0 Å². The van der Waals surface area contributed by atoms with Crippen LogP contribution in [0.25, 0.3) is 0 Å². The van der Waals surface area contributed by atoms with Crippen molar-refractivity contribution in [1.29, 1.82) is 0 Å². The highest BCUT2D eigenvalue weighted by molar-refractivity contribution is 4.73. The van der Waals surface area contributed by atoms with Gasteiger partial charge in [-0.3, -0.25) is 0 Å². The maximum atomic E-state index is 5.45. The largest absolute Gasteiger partial charge is 0.379 e. The first-order chi connectivity index (χ1) is 7.24. The number of hydrogen-bond donors (Lipinski definition) is 1. The van der Waals surface area contributed by atoms with Crippen molar-refractivity contribution in [3.8, 4) is 0 Å². The zero-order chi connectivity index (χ0) is 11.1. The molecule has 0 aliphatic carbocycles. The summed E-state index contributed by atoms with van der Waals surface area (Å²) in [6, 6.07) is 1.23. The average molecular weight is 214 g/mol. The molecule has 0 aromatic carbocycles. The summed E-state index contributed by atoms with van der Waals surface area (Å²) in [6.45, 7) is 12.0. The monoisotopic (exact) mass is 214 g/mol. The first kappa shape index (κ1) is 12.9. The molecule has 0 amide bonds. The highest BCUT2D eigenvalue weighted by atomic mass is 16.5. The summed E-state index contributed by atoms with van der Waals surface area (Å²) >= 11 is 0. The number of hydrogen-bond acceptors (Lipinski definition) is 3. The number of nitrogens with one attached hydrogen (secondary N) is 1. The lowest BCUT2D eigenvalue weighted by atomic mass is 10.1. The molecule has 0 bridgehead atoms. The van der Waals surface area contributed by atoms with Crippen LogP contribution < -0.4 is 5.32 Å². The van der Waals surface area contributed by atoms with Crippen LogP contribution in [0.4, 0.5) is 0 Å². The maximum Gasteiger partial charge on any atom is 0.0620 e. The van der Waals surface area contributed by atoms with E-state index < -0.39 is 0 Å². The SMILES string of the molecule is CCCN(CCC1COCCN1)C(C)C. The molecular weight excluding hydrogens is 188 g/mol. The Morgan fingerprint density at radius 1 is 1.40 bits per heavy atom. The second kappa shape index (κ2) is 7.20. The molecule has 1 fully saturated rings. The fourth-order valence-corrected chi connectivity index (χ4v) is 2.04. The average Bonchev–Trinajstić information content (AvgIpc) is 2.25. The van der Waals surface area contributed by atoms with Crippen molar-refractivity contribution in [2.75, 3.05) is 32.8 Å². The van der Waals surface area contributed by atoms with Gasteiger partial charge in [0.2, 0.25) is 0 Å². The normalized spacial score (nSPS) is 22.6. The van der Waals surface area contributed by atoms with E-state index in [1.807, 2.05) is 0 Å². The van der Waals surface area contributed by atoms with E-state index in [-0.39, 0.29) is 0 Å². The molecule has 1 saturated heterocycles. The van der Waals surface area contributed by atoms with Gasteiger partial charge in [0, 0.05) is 18.6 Å². The lowest BCUT2D eigenvalue weighted by Gasteiger charge is -2.30. The van der Waals surface area contributed by atoms with E-state index in [0.717, 1.165) is 19.8 Å².